The van der Waals surface area contributed by atoms with Crippen LogP contribution >= 0.6 is 0 Å². The fourth-order valence-electron chi connectivity index (χ4n) is 5.20. The minimum absolute atomic E-state index is 0.0320. The van der Waals surface area contributed by atoms with Crippen molar-refractivity contribution in [2.24, 2.45) is 5.41 Å². The zero-order valence-corrected chi connectivity index (χ0v) is 17.6. The molecule has 0 radical (unpaired) electrons. The number of halogens is 3. The molecule has 30 heavy (non-hydrogen) atoms. The molecule has 1 fully saturated rings. The lowest BCUT2D eigenvalue weighted by atomic mass is 9.59. The Labute approximate surface area is 175 Å². The van der Waals surface area contributed by atoms with Crippen LogP contribution in [0.4, 0.5) is 13.2 Å². The second-order valence-electron chi connectivity index (χ2n) is 9.32. The van der Waals surface area contributed by atoms with Crippen molar-refractivity contribution in [3.63, 3.8) is 0 Å². The van der Waals surface area contributed by atoms with Gasteiger partial charge in [0.05, 0.1) is 11.7 Å². The first kappa shape index (κ1) is 21.3. The van der Waals surface area contributed by atoms with Crippen molar-refractivity contribution < 1.29 is 23.4 Å². The quantitative estimate of drug-likeness (QED) is 0.665. The van der Waals surface area contributed by atoms with Crippen molar-refractivity contribution in [3.8, 4) is 0 Å². The summed E-state index contributed by atoms with van der Waals surface area (Å²) in [4.78, 5) is 4.90. The molecule has 0 bridgehead atoms. The van der Waals surface area contributed by atoms with Crippen molar-refractivity contribution in [1.29, 1.82) is 0 Å². The number of benzene rings is 1. The van der Waals surface area contributed by atoms with Gasteiger partial charge in [-0.3, -0.25) is 4.98 Å². The first-order valence-electron chi connectivity index (χ1n) is 10.6. The SMILES string of the molecule is Cc1c([C@H](O)c2ccc(C(F)(F)F)cc2)c(C(C)C)nc2c1[C@@H](O)CC1(CCC1)C2. The van der Waals surface area contributed by atoms with Crippen molar-refractivity contribution in [3.05, 3.63) is 63.5 Å². The second-order valence-corrected chi connectivity index (χ2v) is 9.32. The Balaban J connectivity index is 1.78. The van der Waals surface area contributed by atoms with Gasteiger partial charge in [-0.05, 0) is 67.2 Å². The predicted octanol–water partition coefficient (Wildman–Crippen LogP) is 5.76. The van der Waals surface area contributed by atoms with E-state index in [9.17, 15) is 23.4 Å². The summed E-state index contributed by atoms with van der Waals surface area (Å²) in [5.74, 6) is 0.0320. The second kappa shape index (κ2) is 7.34. The Hall–Kier alpha value is -1.92. The molecule has 6 heteroatoms. The molecule has 0 aliphatic heterocycles. The number of aliphatic hydroxyl groups is 2. The van der Waals surface area contributed by atoms with Crippen LogP contribution in [0.15, 0.2) is 24.3 Å². The molecule has 2 N–H and O–H groups in total. The van der Waals surface area contributed by atoms with Crippen molar-refractivity contribution >= 4 is 0 Å². The lowest BCUT2D eigenvalue weighted by Crippen LogP contribution is -2.38. The van der Waals surface area contributed by atoms with E-state index in [1.54, 1.807) is 0 Å². The molecule has 0 saturated heterocycles. The van der Waals surface area contributed by atoms with Gasteiger partial charge in [0.25, 0.3) is 0 Å². The van der Waals surface area contributed by atoms with Gasteiger partial charge in [-0.1, -0.05) is 32.4 Å². The van der Waals surface area contributed by atoms with Gasteiger partial charge in [-0.25, -0.2) is 0 Å². The van der Waals surface area contributed by atoms with E-state index >= 15 is 0 Å². The molecule has 1 aromatic carbocycles. The normalized spacial score (nSPS) is 21.4. The standard InChI is InChI=1S/C24H28F3NO2/c1-13(2)21-20(22(30)15-5-7-16(8-6-15)24(25,26)27)14(3)19-17(28-21)11-23(9-4-10-23)12-18(19)29/h5-8,13,18,22,29-30H,4,9-12H2,1-3H3/t18-,22+/m0/s1. The van der Waals surface area contributed by atoms with Crippen LogP contribution in [0.25, 0.3) is 0 Å². The molecule has 2 atom stereocenters. The third kappa shape index (κ3) is 3.54. The molecular weight excluding hydrogens is 391 g/mol. The lowest BCUT2D eigenvalue weighted by molar-refractivity contribution is -0.137. The number of hydrogen-bond donors (Lipinski definition) is 2. The van der Waals surface area contributed by atoms with E-state index in [-0.39, 0.29) is 11.3 Å². The summed E-state index contributed by atoms with van der Waals surface area (Å²) in [6.45, 7) is 5.88. The van der Waals surface area contributed by atoms with Gasteiger partial charge >= 0.3 is 6.18 Å². The summed E-state index contributed by atoms with van der Waals surface area (Å²) in [5, 5.41) is 22.1. The highest BCUT2D eigenvalue weighted by atomic mass is 19.4. The molecule has 2 aliphatic rings. The molecule has 1 heterocycles. The average molecular weight is 419 g/mol. The summed E-state index contributed by atoms with van der Waals surface area (Å²) >= 11 is 0. The number of pyridine rings is 1. The molecule has 2 aromatic rings. The molecule has 1 aromatic heterocycles. The van der Waals surface area contributed by atoms with E-state index < -0.39 is 23.9 Å². The summed E-state index contributed by atoms with van der Waals surface area (Å²) in [7, 11) is 0. The number of nitrogens with zero attached hydrogens (tertiary/aromatic N) is 1. The van der Waals surface area contributed by atoms with Crippen LogP contribution in [0.3, 0.4) is 0 Å². The Morgan fingerprint density at radius 3 is 2.27 bits per heavy atom. The van der Waals surface area contributed by atoms with Crippen molar-refractivity contribution in [2.75, 3.05) is 0 Å². The first-order chi connectivity index (χ1) is 14.0. The number of aliphatic hydroxyl groups excluding tert-OH is 2. The largest absolute Gasteiger partial charge is 0.416 e. The molecule has 1 saturated carbocycles. The minimum Gasteiger partial charge on any atom is -0.388 e. The molecule has 3 nitrogen and oxygen atoms in total. The first-order valence-corrected chi connectivity index (χ1v) is 10.6. The maximum atomic E-state index is 12.9. The van der Waals surface area contributed by atoms with Gasteiger partial charge in [0.1, 0.15) is 6.10 Å². The number of alkyl halides is 3. The highest BCUT2D eigenvalue weighted by Crippen LogP contribution is 2.54. The molecule has 162 valence electrons. The lowest BCUT2D eigenvalue weighted by Gasteiger charge is -2.47. The number of hydrogen-bond acceptors (Lipinski definition) is 3. The fraction of sp³-hybridized carbons (Fsp3) is 0.542. The molecule has 1 spiro atoms. The number of aromatic nitrogens is 1. The summed E-state index contributed by atoms with van der Waals surface area (Å²) in [5.41, 5.74) is 3.65. The maximum absolute atomic E-state index is 12.9. The topological polar surface area (TPSA) is 53.4 Å². The zero-order chi connectivity index (χ0) is 21.8. The van der Waals surface area contributed by atoms with Gasteiger partial charge in [-0.2, -0.15) is 13.2 Å². The van der Waals surface area contributed by atoms with Crippen LogP contribution in [-0.2, 0) is 12.6 Å². The molecular formula is C24H28F3NO2. The van der Waals surface area contributed by atoms with Crippen LogP contribution in [0.5, 0.6) is 0 Å². The van der Waals surface area contributed by atoms with Gasteiger partial charge in [0.15, 0.2) is 0 Å². The van der Waals surface area contributed by atoms with E-state index in [1.807, 2.05) is 20.8 Å². The van der Waals surface area contributed by atoms with Gasteiger partial charge < -0.3 is 10.2 Å². The van der Waals surface area contributed by atoms with Crippen LogP contribution in [0.1, 0.15) is 96.9 Å². The van der Waals surface area contributed by atoms with E-state index in [0.29, 0.717) is 17.5 Å². The van der Waals surface area contributed by atoms with Crippen LogP contribution in [0.2, 0.25) is 0 Å². The van der Waals surface area contributed by atoms with Crippen molar-refractivity contribution in [2.45, 2.75) is 77.2 Å². The van der Waals surface area contributed by atoms with Gasteiger partial charge in [0, 0.05) is 22.5 Å². The fourth-order valence-corrected chi connectivity index (χ4v) is 5.20. The summed E-state index contributed by atoms with van der Waals surface area (Å²) < 4.78 is 38.7. The van der Waals surface area contributed by atoms with Crippen LogP contribution in [0, 0.1) is 12.3 Å². The predicted molar refractivity (Wildman–Crippen MR) is 108 cm³/mol. The average Bonchev–Trinajstić information content (AvgIpc) is 2.64. The zero-order valence-electron chi connectivity index (χ0n) is 17.6. The maximum Gasteiger partial charge on any atom is 0.416 e. The Kier molecular flexibility index (Phi) is 5.22. The Bertz CT molecular complexity index is 946. The molecule has 0 amide bonds. The Morgan fingerprint density at radius 2 is 1.77 bits per heavy atom. The monoisotopic (exact) mass is 419 g/mol. The Morgan fingerprint density at radius 1 is 1.13 bits per heavy atom. The smallest absolute Gasteiger partial charge is 0.388 e. The van der Waals surface area contributed by atoms with E-state index in [1.165, 1.54) is 18.6 Å². The third-order valence-corrected chi connectivity index (χ3v) is 6.94. The summed E-state index contributed by atoms with van der Waals surface area (Å²) in [6.07, 6.45) is -1.19. The number of rotatable bonds is 3. The van der Waals surface area contributed by atoms with E-state index in [2.05, 4.69) is 0 Å². The van der Waals surface area contributed by atoms with Crippen LogP contribution < -0.4 is 0 Å². The molecule has 4 rings (SSSR count). The minimum atomic E-state index is -4.42. The van der Waals surface area contributed by atoms with Crippen molar-refractivity contribution in [1.82, 2.24) is 4.98 Å². The van der Waals surface area contributed by atoms with Gasteiger partial charge in [-0.15, -0.1) is 0 Å². The highest BCUT2D eigenvalue weighted by Gasteiger charge is 2.45. The van der Waals surface area contributed by atoms with Gasteiger partial charge in [0.2, 0.25) is 0 Å². The molecule has 0 unspecified atom stereocenters. The number of fused-ring (bicyclic) bond motifs is 1. The van der Waals surface area contributed by atoms with Crippen LogP contribution in [-0.4, -0.2) is 15.2 Å². The van der Waals surface area contributed by atoms with E-state index in [0.717, 1.165) is 53.9 Å². The summed E-state index contributed by atoms with van der Waals surface area (Å²) in [6, 6.07) is 4.61. The van der Waals surface area contributed by atoms with E-state index in [4.69, 9.17) is 4.98 Å². The third-order valence-electron chi connectivity index (χ3n) is 6.94. The molecule has 2 aliphatic carbocycles. The highest BCUT2D eigenvalue weighted by molar-refractivity contribution is 5.48.